The van der Waals surface area contributed by atoms with Crippen LogP contribution in [0.2, 0.25) is 5.02 Å². The van der Waals surface area contributed by atoms with Crippen LogP contribution in [-0.2, 0) is 0 Å². The number of phenols is 1. The van der Waals surface area contributed by atoms with Crippen LogP contribution in [0.4, 0.5) is 0 Å². The van der Waals surface area contributed by atoms with Crippen LogP contribution in [0.5, 0.6) is 11.5 Å². The van der Waals surface area contributed by atoms with Crippen molar-refractivity contribution in [3.8, 4) is 11.5 Å². The van der Waals surface area contributed by atoms with Gasteiger partial charge in [-0.25, -0.2) is 0 Å². The van der Waals surface area contributed by atoms with Crippen molar-refractivity contribution >= 4 is 29.1 Å². The Morgan fingerprint density at radius 1 is 1.32 bits per heavy atom. The van der Waals surface area contributed by atoms with Gasteiger partial charge in [0.1, 0.15) is 11.5 Å². The molecule has 130 valence electrons. The van der Waals surface area contributed by atoms with Crippen molar-refractivity contribution in [3.63, 3.8) is 0 Å². The number of rotatable bonds is 4. The molecule has 2 aliphatic heterocycles. The highest BCUT2D eigenvalue weighted by atomic mass is 35.5. The van der Waals surface area contributed by atoms with Gasteiger partial charge >= 0.3 is 0 Å². The fraction of sp³-hybridized carbons (Fsp3) is 0.316. The highest BCUT2D eigenvalue weighted by molar-refractivity contribution is 7.98. The normalized spacial score (nSPS) is 21.4. The molecular formula is C19H19ClN2O2S. The summed E-state index contributed by atoms with van der Waals surface area (Å²) in [6, 6.07) is 13.3. The van der Waals surface area contributed by atoms with E-state index in [0.717, 1.165) is 35.6 Å². The maximum Gasteiger partial charge on any atom is 0.188 e. The van der Waals surface area contributed by atoms with Crippen LogP contribution < -0.4 is 4.74 Å². The molecule has 2 aromatic rings. The van der Waals surface area contributed by atoms with E-state index < -0.39 is 0 Å². The lowest BCUT2D eigenvalue weighted by atomic mass is 9.96. The van der Waals surface area contributed by atoms with Gasteiger partial charge in [0.2, 0.25) is 0 Å². The molecule has 2 unspecified atom stereocenters. The smallest absolute Gasteiger partial charge is 0.188 e. The Balaban J connectivity index is 1.72. The van der Waals surface area contributed by atoms with E-state index in [1.54, 1.807) is 30.0 Å². The molecule has 2 aliphatic rings. The molecule has 4 rings (SSSR count). The predicted molar refractivity (Wildman–Crippen MR) is 103 cm³/mol. The van der Waals surface area contributed by atoms with E-state index >= 15 is 0 Å². The molecule has 0 saturated carbocycles. The Morgan fingerprint density at radius 3 is 3.00 bits per heavy atom. The lowest BCUT2D eigenvalue weighted by molar-refractivity contribution is -0.0180. The summed E-state index contributed by atoms with van der Waals surface area (Å²) < 4.78 is 6.20. The average Bonchev–Trinajstić information content (AvgIpc) is 3.07. The molecule has 0 aliphatic carbocycles. The third-order valence-electron chi connectivity index (χ3n) is 4.62. The number of hydrogen-bond donors (Lipinski definition) is 1. The SMILES string of the molecule is CSCCC1Oc2ccccc2C2CC(c3cc(Cl)ccc3O)=NN12. The second-order valence-electron chi connectivity index (χ2n) is 6.20. The molecule has 0 bridgehead atoms. The Kier molecular flexibility index (Phi) is 4.52. The quantitative estimate of drug-likeness (QED) is 0.844. The fourth-order valence-electron chi connectivity index (χ4n) is 3.42. The summed E-state index contributed by atoms with van der Waals surface area (Å²) in [7, 11) is 0. The van der Waals surface area contributed by atoms with E-state index in [2.05, 4.69) is 12.3 Å². The lowest BCUT2D eigenvalue weighted by Gasteiger charge is -2.38. The van der Waals surface area contributed by atoms with Gasteiger partial charge in [-0.15, -0.1) is 0 Å². The lowest BCUT2D eigenvalue weighted by Crippen LogP contribution is -2.40. The minimum atomic E-state index is -0.0915. The van der Waals surface area contributed by atoms with E-state index in [0.29, 0.717) is 10.6 Å². The van der Waals surface area contributed by atoms with Crippen LogP contribution in [-0.4, -0.2) is 34.1 Å². The number of benzene rings is 2. The summed E-state index contributed by atoms with van der Waals surface area (Å²) in [5, 5.41) is 17.7. The highest BCUT2D eigenvalue weighted by Gasteiger charge is 2.40. The molecule has 6 heteroatoms. The maximum absolute atomic E-state index is 10.2. The number of aromatic hydroxyl groups is 1. The number of thioether (sulfide) groups is 1. The first kappa shape index (κ1) is 16.6. The first-order valence-electron chi connectivity index (χ1n) is 8.26. The molecule has 2 atom stereocenters. The molecule has 0 fully saturated rings. The molecule has 1 N–H and O–H groups in total. The van der Waals surface area contributed by atoms with Crippen LogP contribution in [0.1, 0.15) is 30.0 Å². The molecule has 0 amide bonds. The number of phenolic OH excluding ortho intramolecular Hbond substituents is 1. The van der Waals surface area contributed by atoms with Gasteiger partial charge in [-0.1, -0.05) is 29.8 Å². The Morgan fingerprint density at radius 2 is 2.16 bits per heavy atom. The Labute approximate surface area is 156 Å². The van der Waals surface area contributed by atoms with Crippen molar-refractivity contribution in [2.24, 2.45) is 5.10 Å². The van der Waals surface area contributed by atoms with E-state index in [9.17, 15) is 5.11 Å². The van der Waals surface area contributed by atoms with E-state index in [4.69, 9.17) is 21.4 Å². The summed E-state index contributed by atoms with van der Waals surface area (Å²) in [6.45, 7) is 0. The van der Waals surface area contributed by atoms with Gasteiger partial charge in [-0.3, -0.25) is 5.01 Å². The number of nitrogens with zero attached hydrogens (tertiary/aromatic N) is 2. The summed E-state index contributed by atoms with van der Waals surface area (Å²) in [4.78, 5) is 0. The standard InChI is InChI=1S/C19H19ClN2O2S/c1-25-9-8-19-22-16(13-4-2-3-5-18(13)24-19)11-15(21-22)14-10-12(20)6-7-17(14)23/h2-7,10,16,19,23H,8-9,11H2,1H3. The topological polar surface area (TPSA) is 45.1 Å². The first-order valence-corrected chi connectivity index (χ1v) is 10.0. The molecule has 0 saturated heterocycles. The van der Waals surface area contributed by atoms with Crippen LogP contribution in [0.15, 0.2) is 47.6 Å². The van der Waals surface area contributed by atoms with Crippen LogP contribution in [0.3, 0.4) is 0 Å². The third-order valence-corrected chi connectivity index (χ3v) is 5.50. The average molecular weight is 375 g/mol. The molecular weight excluding hydrogens is 356 g/mol. The number of fused-ring (bicyclic) bond motifs is 3. The minimum absolute atomic E-state index is 0.0915. The number of hydrazone groups is 1. The largest absolute Gasteiger partial charge is 0.507 e. The van der Waals surface area contributed by atoms with E-state index in [1.165, 1.54) is 0 Å². The van der Waals surface area contributed by atoms with Gasteiger partial charge in [0.15, 0.2) is 6.23 Å². The second-order valence-corrected chi connectivity index (χ2v) is 7.62. The zero-order chi connectivity index (χ0) is 17.4. The highest BCUT2D eigenvalue weighted by Crippen LogP contribution is 2.44. The zero-order valence-electron chi connectivity index (χ0n) is 13.9. The summed E-state index contributed by atoms with van der Waals surface area (Å²) >= 11 is 7.92. The fourth-order valence-corrected chi connectivity index (χ4v) is 4.03. The van der Waals surface area contributed by atoms with Gasteiger partial charge in [-0.2, -0.15) is 16.9 Å². The number of hydrogen-bond acceptors (Lipinski definition) is 5. The van der Waals surface area contributed by atoms with E-state index in [1.807, 2.05) is 23.2 Å². The van der Waals surface area contributed by atoms with Crippen molar-refractivity contribution in [3.05, 3.63) is 58.6 Å². The number of ether oxygens (including phenoxy) is 1. The van der Waals surface area contributed by atoms with Gasteiger partial charge in [-0.05, 0) is 36.3 Å². The van der Waals surface area contributed by atoms with Gasteiger partial charge in [0.25, 0.3) is 0 Å². The molecule has 25 heavy (non-hydrogen) atoms. The van der Waals surface area contributed by atoms with Crippen LogP contribution >= 0.6 is 23.4 Å². The van der Waals surface area contributed by atoms with Crippen LogP contribution in [0, 0.1) is 0 Å². The molecule has 2 aromatic carbocycles. The molecule has 0 radical (unpaired) electrons. The first-order chi connectivity index (χ1) is 12.2. The van der Waals surface area contributed by atoms with Crippen molar-refractivity contribution in [1.82, 2.24) is 5.01 Å². The Bertz CT molecular complexity index is 827. The van der Waals surface area contributed by atoms with Crippen LogP contribution in [0.25, 0.3) is 0 Å². The maximum atomic E-state index is 10.2. The third kappa shape index (κ3) is 3.07. The predicted octanol–water partition coefficient (Wildman–Crippen LogP) is 4.67. The molecule has 4 nitrogen and oxygen atoms in total. The van der Waals surface area contributed by atoms with E-state index in [-0.39, 0.29) is 18.0 Å². The summed E-state index contributed by atoms with van der Waals surface area (Å²) in [5.74, 6) is 2.14. The number of halogens is 1. The number of para-hydroxylation sites is 1. The molecule has 0 aromatic heterocycles. The van der Waals surface area contributed by atoms with Crippen molar-refractivity contribution in [1.29, 1.82) is 0 Å². The summed E-state index contributed by atoms with van der Waals surface area (Å²) in [6.07, 6.45) is 3.62. The van der Waals surface area contributed by atoms with Crippen molar-refractivity contribution < 1.29 is 9.84 Å². The second kappa shape index (κ2) is 6.81. The van der Waals surface area contributed by atoms with Crippen molar-refractivity contribution in [2.45, 2.75) is 25.1 Å². The van der Waals surface area contributed by atoms with Gasteiger partial charge in [0, 0.05) is 29.0 Å². The summed E-state index contributed by atoms with van der Waals surface area (Å²) in [5.41, 5.74) is 2.69. The van der Waals surface area contributed by atoms with Gasteiger partial charge < -0.3 is 9.84 Å². The zero-order valence-corrected chi connectivity index (χ0v) is 15.4. The monoisotopic (exact) mass is 374 g/mol. The molecule has 2 heterocycles. The molecule has 0 spiro atoms. The minimum Gasteiger partial charge on any atom is -0.507 e. The Hall–Kier alpha value is -1.85. The van der Waals surface area contributed by atoms with Crippen molar-refractivity contribution in [2.75, 3.05) is 12.0 Å². The van der Waals surface area contributed by atoms with Gasteiger partial charge in [0.05, 0.1) is 11.8 Å².